The molecule has 2 rings (SSSR count). The number of aryl methyl sites for hydroxylation is 3. The molecule has 0 heterocycles. The van der Waals surface area contributed by atoms with Crippen molar-refractivity contribution in [3.05, 3.63) is 57.1 Å². The van der Waals surface area contributed by atoms with E-state index in [1.165, 1.54) is 5.56 Å². The number of rotatable bonds is 4. The van der Waals surface area contributed by atoms with Crippen molar-refractivity contribution in [3.63, 3.8) is 0 Å². The molecule has 0 atom stereocenters. The van der Waals surface area contributed by atoms with Gasteiger partial charge in [0.25, 0.3) is 5.91 Å². The number of ether oxygens (including phenoxy) is 1. The zero-order valence-corrected chi connectivity index (χ0v) is 18.0. The lowest BCUT2D eigenvalue weighted by Gasteiger charge is -2.16. The third kappa shape index (κ3) is 5.29. The molecule has 0 fully saturated rings. The summed E-state index contributed by atoms with van der Waals surface area (Å²) in [6.45, 7) is 9.97. The van der Waals surface area contributed by atoms with Crippen LogP contribution in [0.1, 0.15) is 40.9 Å². The normalized spacial score (nSPS) is 10.6. The molecule has 1 amide bonds. The average molecular weight is 435 g/mol. The van der Waals surface area contributed by atoms with E-state index in [0.29, 0.717) is 11.3 Å². The van der Waals surface area contributed by atoms with E-state index >= 15 is 0 Å². The van der Waals surface area contributed by atoms with Crippen molar-refractivity contribution >= 4 is 44.9 Å². The van der Waals surface area contributed by atoms with Gasteiger partial charge in [0.2, 0.25) is 0 Å². The van der Waals surface area contributed by atoms with Crippen LogP contribution in [0.15, 0.2) is 34.8 Å². The third-order valence-corrected chi connectivity index (χ3v) is 4.52. The highest BCUT2D eigenvalue weighted by Crippen LogP contribution is 2.27. The Morgan fingerprint density at radius 3 is 2.27 bits per heavy atom. The highest BCUT2D eigenvalue weighted by Gasteiger charge is 2.13. The summed E-state index contributed by atoms with van der Waals surface area (Å²) in [4.78, 5) is 12.5. The number of anilines is 1. The van der Waals surface area contributed by atoms with Crippen molar-refractivity contribution in [1.29, 1.82) is 0 Å². The quantitative estimate of drug-likeness (QED) is 0.641. The average Bonchev–Trinajstić information content (AvgIpc) is 2.52. The molecule has 4 nitrogen and oxygen atoms in total. The molecule has 0 unspecified atom stereocenters. The Morgan fingerprint density at radius 2 is 1.73 bits per heavy atom. The number of carbonyl (C=O) groups excluding carboxylic acids is 1. The van der Waals surface area contributed by atoms with Crippen molar-refractivity contribution in [1.82, 2.24) is 5.32 Å². The second-order valence-corrected chi connectivity index (χ2v) is 7.76. The Morgan fingerprint density at radius 1 is 1.12 bits per heavy atom. The molecule has 138 valence electrons. The molecule has 0 saturated carbocycles. The zero-order valence-electron chi connectivity index (χ0n) is 15.6. The third-order valence-electron chi connectivity index (χ3n) is 3.70. The number of hydrogen-bond donors (Lipinski definition) is 2. The van der Waals surface area contributed by atoms with Crippen molar-refractivity contribution in [2.24, 2.45) is 0 Å². The predicted octanol–water partition coefficient (Wildman–Crippen LogP) is 5.29. The fraction of sp³-hybridized carbons (Fsp3) is 0.300. The van der Waals surface area contributed by atoms with Crippen LogP contribution in [0.4, 0.5) is 5.69 Å². The van der Waals surface area contributed by atoms with Gasteiger partial charge in [-0.3, -0.25) is 10.1 Å². The number of hydrogen-bond acceptors (Lipinski definition) is 3. The molecule has 2 N–H and O–H groups in total. The Bertz CT molecular complexity index is 827. The van der Waals surface area contributed by atoms with Gasteiger partial charge < -0.3 is 10.1 Å². The maximum Gasteiger partial charge on any atom is 0.257 e. The van der Waals surface area contributed by atoms with Crippen LogP contribution in [0.5, 0.6) is 5.75 Å². The molecule has 0 saturated heterocycles. The molecular weight excluding hydrogens is 412 g/mol. The fourth-order valence-corrected chi connectivity index (χ4v) is 3.36. The summed E-state index contributed by atoms with van der Waals surface area (Å²) in [7, 11) is 0. The van der Waals surface area contributed by atoms with Crippen LogP contribution in [0.2, 0.25) is 0 Å². The highest BCUT2D eigenvalue weighted by atomic mass is 79.9. The number of amides is 1. The summed E-state index contributed by atoms with van der Waals surface area (Å²) in [6, 6.07) is 9.35. The molecule has 0 radical (unpaired) electrons. The minimum absolute atomic E-state index is 0.0590. The smallest absolute Gasteiger partial charge is 0.257 e. The van der Waals surface area contributed by atoms with Crippen LogP contribution in [0, 0.1) is 20.8 Å². The van der Waals surface area contributed by atoms with E-state index in [-0.39, 0.29) is 17.1 Å². The summed E-state index contributed by atoms with van der Waals surface area (Å²) >= 11 is 8.74. The summed E-state index contributed by atoms with van der Waals surface area (Å²) in [5.74, 6) is 0.421. The predicted molar refractivity (Wildman–Crippen MR) is 114 cm³/mol. The van der Waals surface area contributed by atoms with E-state index in [4.69, 9.17) is 17.0 Å². The lowest BCUT2D eigenvalue weighted by Crippen LogP contribution is -2.34. The summed E-state index contributed by atoms with van der Waals surface area (Å²) in [5, 5.41) is 6.11. The molecule has 0 aliphatic rings. The van der Waals surface area contributed by atoms with Crippen molar-refractivity contribution in [3.8, 4) is 5.75 Å². The summed E-state index contributed by atoms with van der Waals surface area (Å²) < 4.78 is 6.38. The Labute approximate surface area is 168 Å². The second-order valence-electron chi connectivity index (χ2n) is 6.49. The van der Waals surface area contributed by atoms with E-state index in [9.17, 15) is 4.79 Å². The van der Waals surface area contributed by atoms with Gasteiger partial charge in [-0.05, 0) is 92.1 Å². The van der Waals surface area contributed by atoms with Gasteiger partial charge in [0.15, 0.2) is 5.11 Å². The van der Waals surface area contributed by atoms with E-state index in [1.807, 2.05) is 27.7 Å². The molecule has 2 aromatic carbocycles. The molecular formula is C20H23BrN2O2S. The van der Waals surface area contributed by atoms with E-state index in [0.717, 1.165) is 21.3 Å². The van der Waals surface area contributed by atoms with Crippen LogP contribution >= 0.6 is 28.1 Å². The molecule has 6 heteroatoms. The number of benzene rings is 2. The minimum atomic E-state index is -0.276. The van der Waals surface area contributed by atoms with Crippen LogP contribution in [0.3, 0.4) is 0 Å². The lowest BCUT2D eigenvalue weighted by molar-refractivity contribution is 0.0977. The van der Waals surface area contributed by atoms with Crippen molar-refractivity contribution in [2.75, 3.05) is 5.32 Å². The Hall–Kier alpha value is -1.92. The number of carbonyl (C=O) groups is 1. The fourth-order valence-electron chi connectivity index (χ4n) is 2.69. The first-order valence-electron chi connectivity index (χ1n) is 8.33. The highest BCUT2D eigenvalue weighted by molar-refractivity contribution is 9.10. The maximum atomic E-state index is 12.5. The van der Waals surface area contributed by atoms with Crippen molar-refractivity contribution < 1.29 is 9.53 Å². The van der Waals surface area contributed by atoms with E-state index in [1.54, 1.807) is 18.2 Å². The SMILES string of the molecule is Cc1cc(C)c(NC(=S)NC(=O)c2ccc(OC(C)C)c(Br)c2)c(C)c1. The molecule has 0 spiro atoms. The summed E-state index contributed by atoms with van der Waals surface area (Å²) in [5.41, 5.74) is 4.76. The Balaban J connectivity index is 2.08. The summed E-state index contributed by atoms with van der Waals surface area (Å²) in [6.07, 6.45) is 0.0590. The number of halogens is 1. The minimum Gasteiger partial charge on any atom is -0.490 e. The van der Waals surface area contributed by atoms with Crippen LogP contribution in [-0.4, -0.2) is 17.1 Å². The van der Waals surface area contributed by atoms with Gasteiger partial charge in [0, 0.05) is 11.3 Å². The van der Waals surface area contributed by atoms with Crippen LogP contribution in [-0.2, 0) is 0 Å². The molecule has 2 aromatic rings. The maximum absolute atomic E-state index is 12.5. The zero-order chi connectivity index (χ0) is 19.4. The topological polar surface area (TPSA) is 50.4 Å². The van der Waals surface area contributed by atoms with Gasteiger partial charge >= 0.3 is 0 Å². The lowest BCUT2D eigenvalue weighted by atomic mass is 10.1. The van der Waals surface area contributed by atoms with Crippen LogP contribution < -0.4 is 15.4 Å². The van der Waals surface area contributed by atoms with Gasteiger partial charge in [0.05, 0.1) is 10.6 Å². The van der Waals surface area contributed by atoms with Crippen molar-refractivity contribution in [2.45, 2.75) is 40.7 Å². The van der Waals surface area contributed by atoms with E-state index < -0.39 is 0 Å². The number of nitrogens with one attached hydrogen (secondary N) is 2. The van der Waals surface area contributed by atoms with E-state index in [2.05, 4.69) is 45.6 Å². The molecule has 0 bridgehead atoms. The Kier molecular flexibility index (Phi) is 6.78. The first-order chi connectivity index (χ1) is 12.2. The van der Waals surface area contributed by atoms with Gasteiger partial charge in [-0.15, -0.1) is 0 Å². The van der Waals surface area contributed by atoms with Gasteiger partial charge in [-0.1, -0.05) is 17.7 Å². The standard InChI is InChI=1S/C20H23BrN2O2S/c1-11(2)25-17-7-6-15(10-16(17)21)19(24)23-20(26)22-18-13(4)8-12(3)9-14(18)5/h6-11H,1-5H3,(H2,22,23,24,26). The van der Waals surface area contributed by atoms with Gasteiger partial charge in [0.1, 0.15) is 5.75 Å². The van der Waals surface area contributed by atoms with Gasteiger partial charge in [-0.25, -0.2) is 0 Å². The molecule has 0 aliphatic carbocycles. The molecule has 0 aliphatic heterocycles. The molecule has 26 heavy (non-hydrogen) atoms. The largest absolute Gasteiger partial charge is 0.490 e. The monoisotopic (exact) mass is 434 g/mol. The first kappa shape index (κ1) is 20.4. The first-order valence-corrected chi connectivity index (χ1v) is 9.54. The van der Waals surface area contributed by atoms with Gasteiger partial charge in [-0.2, -0.15) is 0 Å². The molecule has 0 aromatic heterocycles. The van der Waals surface area contributed by atoms with Crippen LogP contribution in [0.25, 0.3) is 0 Å². The number of thiocarbonyl (C=S) groups is 1. The second kappa shape index (κ2) is 8.64.